The number of hydrogen-bond acceptors (Lipinski definition) is 3. The molecule has 1 atom stereocenters. The van der Waals surface area contributed by atoms with Gasteiger partial charge in [-0.3, -0.25) is 4.79 Å². The molecule has 0 saturated carbocycles. The third-order valence-electron chi connectivity index (χ3n) is 6.14. The third-order valence-corrected chi connectivity index (χ3v) is 6.14. The SMILES string of the molecule is CCC(c1cccc(OC)c1)c1c[nH]c2ccccc12.O=CNCCC1CCNCC1. The van der Waals surface area contributed by atoms with E-state index in [0.717, 1.165) is 50.6 Å². The zero-order valence-electron chi connectivity index (χ0n) is 18.7. The first-order valence-corrected chi connectivity index (χ1v) is 11.3. The van der Waals surface area contributed by atoms with Crippen LogP contribution < -0.4 is 15.4 Å². The Bertz CT molecular complexity index is 931. The van der Waals surface area contributed by atoms with Gasteiger partial charge in [0, 0.05) is 29.6 Å². The van der Waals surface area contributed by atoms with Gasteiger partial charge in [-0.25, -0.2) is 0 Å². The van der Waals surface area contributed by atoms with E-state index in [2.05, 4.69) is 71.2 Å². The molecule has 0 bridgehead atoms. The summed E-state index contributed by atoms with van der Waals surface area (Å²) in [6.07, 6.45) is 7.65. The number of para-hydroxylation sites is 1. The highest BCUT2D eigenvalue weighted by Crippen LogP contribution is 2.34. The second kappa shape index (κ2) is 12.2. The van der Waals surface area contributed by atoms with Gasteiger partial charge < -0.3 is 20.4 Å². The summed E-state index contributed by atoms with van der Waals surface area (Å²) in [5.41, 5.74) is 3.86. The van der Waals surface area contributed by atoms with Crippen LogP contribution in [0.2, 0.25) is 0 Å². The highest BCUT2D eigenvalue weighted by Gasteiger charge is 2.16. The van der Waals surface area contributed by atoms with E-state index < -0.39 is 0 Å². The monoisotopic (exact) mass is 421 g/mol. The standard InChI is InChI=1S/C18H19NO.C8H16N2O/c1-3-15(13-7-6-8-14(11-13)20-2)17-12-19-18-10-5-4-9-16(17)18;11-7-10-6-3-8-1-4-9-5-2-8/h4-12,15,19H,3H2,1-2H3;7-9H,1-6H2,(H,10,11). The van der Waals surface area contributed by atoms with Crippen LogP contribution in [0.3, 0.4) is 0 Å². The van der Waals surface area contributed by atoms with Crippen LogP contribution in [0, 0.1) is 5.92 Å². The largest absolute Gasteiger partial charge is 0.497 e. The van der Waals surface area contributed by atoms with Crippen LogP contribution in [0.25, 0.3) is 10.9 Å². The Morgan fingerprint density at radius 2 is 1.97 bits per heavy atom. The highest BCUT2D eigenvalue weighted by atomic mass is 16.5. The predicted molar refractivity (Wildman–Crippen MR) is 128 cm³/mol. The Morgan fingerprint density at radius 3 is 2.71 bits per heavy atom. The van der Waals surface area contributed by atoms with Gasteiger partial charge in [0.1, 0.15) is 5.75 Å². The van der Waals surface area contributed by atoms with Gasteiger partial charge in [-0.05, 0) is 74.0 Å². The summed E-state index contributed by atoms with van der Waals surface area (Å²) in [5, 5.41) is 7.32. The zero-order valence-corrected chi connectivity index (χ0v) is 18.7. The van der Waals surface area contributed by atoms with Gasteiger partial charge in [0.05, 0.1) is 7.11 Å². The van der Waals surface area contributed by atoms with Crippen molar-refractivity contribution in [3.63, 3.8) is 0 Å². The quantitative estimate of drug-likeness (QED) is 0.360. The van der Waals surface area contributed by atoms with Crippen molar-refractivity contribution in [3.8, 4) is 5.75 Å². The van der Waals surface area contributed by atoms with E-state index in [1.54, 1.807) is 7.11 Å². The molecule has 3 aromatic rings. The molecule has 3 N–H and O–H groups in total. The van der Waals surface area contributed by atoms with Crippen LogP contribution in [-0.2, 0) is 4.79 Å². The van der Waals surface area contributed by atoms with Gasteiger partial charge in [0.15, 0.2) is 0 Å². The highest BCUT2D eigenvalue weighted by molar-refractivity contribution is 5.84. The number of H-pyrrole nitrogens is 1. The molecular formula is C26H35N3O2. The summed E-state index contributed by atoms with van der Waals surface area (Å²) < 4.78 is 5.35. The van der Waals surface area contributed by atoms with E-state index >= 15 is 0 Å². The Hall–Kier alpha value is -2.79. The Labute approximate surface area is 185 Å². The maximum Gasteiger partial charge on any atom is 0.207 e. The van der Waals surface area contributed by atoms with Crippen LogP contribution >= 0.6 is 0 Å². The average molecular weight is 422 g/mol. The van der Waals surface area contributed by atoms with E-state index in [0.29, 0.717) is 5.92 Å². The molecule has 5 heteroatoms. The Balaban J connectivity index is 0.000000210. The van der Waals surface area contributed by atoms with Gasteiger partial charge in [0.25, 0.3) is 0 Å². The van der Waals surface area contributed by atoms with E-state index in [1.165, 1.54) is 34.9 Å². The van der Waals surface area contributed by atoms with Crippen molar-refractivity contribution in [1.82, 2.24) is 15.6 Å². The molecule has 1 unspecified atom stereocenters. The van der Waals surface area contributed by atoms with E-state index in [-0.39, 0.29) is 0 Å². The molecule has 1 fully saturated rings. The fraction of sp³-hybridized carbons (Fsp3) is 0.423. The van der Waals surface area contributed by atoms with Gasteiger partial charge in [-0.1, -0.05) is 37.3 Å². The third kappa shape index (κ3) is 6.34. The summed E-state index contributed by atoms with van der Waals surface area (Å²) in [5.74, 6) is 2.13. The minimum atomic E-state index is 0.390. The molecule has 1 aromatic heterocycles. The van der Waals surface area contributed by atoms with Crippen LogP contribution in [0.4, 0.5) is 0 Å². The van der Waals surface area contributed by atoms with Gasteiger partial charge in [0.2, 0.25) is 6.41 Å². The summed E-state index contributed by atoms with van der Waals surface area (Å²) in [4.78, 5) is 13.3. The summed E-state index contributed by atoms with van der Waals surface area (Å²) in [6, 6.07) is 16.8. The number of methoxy groups -OCH3 is 1. The molecule has 1 amide bonds. The fourth-order valence-corrected chi connectivity index (χ4v) is 4.39. The van der Waals surface area contributed by atoms with Gasteiger partial charge in [-0.2, -0.15) is 0 Å². The number of ether oxygens (including phenoxy) is 1. The second-order valence-corrected chi connectivity index (χ2v) is 8.08. The molecule has 31 heavy (non-hydrogen) atoms. The number of piperidine rings is 1. The molecule has 166 valence electrons. The van der Waals surface area contributed by atoms with Crippen LogP contribution in [0.5, 0.6) is 5.75 Å². The lowest BCUT2D eigenvalue weighted by Gasteiger charge is -2.21. The van der Waals surface area contributed by atoms with Crippen molar-refractivity contribution in [2.75, 3.05) is 26.7 Å². The number of carbonyl (C=O) groups is 1. The molecule has 1 saturated heterocycles. The molecule has 1 aliphatic heterocycles. The summed E-state index contributed by atoms with van der Waals surface area (Å²) in [7, 11) is 1.71. The van der Waals surface area contributed by atoms with Crippen LogP contribution in [0.15, 0.2) is 54.7 Å². The molecule has 0 radical (unpaired) electrons. The normalized spacial score (nSPS) is 15.0. The Kier molecular flexibility index (Phi) is 8.98. The average Bonchev–Trinajstić information content (AvgIpc) is 3.25. The van der Waals surface area contributed by atoms with Crippen molar-refractivity contribution in [1.29, 1.82) is 0 Å². The molecule has 0 aliphatic carbocycles. The first-order chi connectivity index (χ1) is 15.3. The number of rotatable bonds is 8. The summed E-state index contributed by atoms with van der Waals surface area (Å²) in [6.45, 7) is 5.36. The Morgan fingerprint density at radius 1 is 1.16 bits per heavy atom. The number of fused-ring (bicyclic) bond motifs is 1. The minimum absolute atomic E-state index is 0.390. The molecule has 2 aromatic carbocycles. The van der Waals surface area contributed by atoms with Crippen LogP contribution in [-0.4, -0.2) is 38.1 Å². The van der Waals surface area contributed by atoms with Crippen molar-refractivity contribution in [3.05, 3.63) is 65.9 Å². The lowest BCUT2D eigenvalue weighted by atomic mass is 9.89. The van der Waals surface area contributed by atoms with Crippen LogP contribution in [0.1, 0.15) is 49.7 Å². The van der Waals surface area contributed by atoms with E-state index in [9.17, 15) is 4.79 Å². The first kappa shape index (κ1) is 22.9. The van der Waals surface area contributed by atoms with E-state index in [1.807, 2.05) is 6.07 Å². The molecule has 5 nitrogen and oxygen atoms in total. The number of benzene rings is 2. The van der Waals surface area contributed by atoms with Crippen molar-refractivity contribution >= 4 is 17.3 Å². The maximum absolute atomic E-state index is 9.92. The molecule has 2 heterocycles. The number of nitrogens with one attached hydrogen (secondary N) is 3. The van der Waals surface area contributed by atoms with Crippen molar-refractivity contribution in [2.24, 2.45) is 5.92 Å². The lowest BCUT2D eigenvalue weighted by molar-refractivity contribution is -0.109. The number of aromatic amines is 1. The maximum atomic E-state index is 9.92. The van der Waals surface area contributed by atoms with Gasteiger partial charge >= 0.3 is 0 Å². The fourth-order valence-electron chi connectivity index (χ4n) is 4.39. The second-order valence-electron chi connectivity index (χ2n) is 8.08. The summed E-state index contributed by atoms with van der Waals surface area (Å²) >= 11 is 0. The first-order valence-electron chi connectivity index (χ1n) is 11.3. The number of hydrogen-bond donors (Lipinski definition) is 3. The number of aromatic nitrogens is 1. The molecule has 0 spiro atoms. The lowest BCUT2D eigenvalue weighted by Crippen LogP contribution is -2.29. The van der Waals surface area contributed by atoms with Crippen molar-refractivity contribution in [2.45, 2.75) is 38.5 Å². The predicted octanol–water partition coefficient (Wildman–Crippen LogP) is 4.84. The van der Waals surface area contributed by atoms with Gasteiger partial charge in [-0.15, -0.1) is 0 Å². The number of amides is 1. The molecule has 4 rings (SSSR count). The van der Waals surface area contributed by atoms with E-state index in [4.69, 9.17) is 4.74 Å². The topological polar surface area (TPSA) is 66.2 Å². The van der Waals surface area contributed by atoms with Crippen molar-refractivity contribution < 1.29 is 9.53 Å². The smallest absolute Gasteiger partial charge is 0.207 e. The molecule has 1 aliphatic rings. The molecular weight excluding hydrogens is 386 g/mol. The minimum Gasteiger partial charge on any atom is -0.497 e. The zero-order chi connectivity index (χ0) is 21.9. The number of carbonyl (C=O) groups excluding carboxylic acids is 1.